The first-order chi connectivity index (χ1) is 21.0. The first-order valence-electron chi connectivity index (χ1n) is 15.4. The number of ether oxygens (including phenoxy) is 3. The normalized spacial score (nSPS) is 22.0. The van der Waals surface area contributed by atoms with E-state index in [1.54, 1.807) is 0 Å². The Balaban J connectivity index is 1.48. The number of rotatable bonds is 12. The Morgan fingerprint density at radius 2 is 1.35 bits per heavy atom. The van der Waals surface area contributed by atoms with Gasteiger partial charge in [-0.15, -0.1) is 0 Å². The Bertz CT molecular complexity index is 1420. The Morgan fingerprint density at radius 3 is 1.93 bits per heavy atom. The topological polar surface area (TPSA) is 47.9 Å². The fourth-order valence-corrected chi connectivity index (χ4v) is 6.39. The minimum absolute atomic E-state index is 0.0277. The molecule has 0 aliphatic carbocycles. The molecule has 1 heterocycles. The predicted molar refractivity (Wildman–Crippen MR) is 173 cm³/mol. The quantitative estimate of drug-likeness (QED) is 0.178. The molecule has 1 N–H and O–H groups in total. The van der Waals surface area contributed by atoms with Crippen LogP contribution in [-0.2, 0) is 40.3 Å². The maximum absolute atomic E-state index is 9.28. The molecule has 4 nitrogen and oxygen atoms in total. The number of benzene rings is 4. The van der Waals surface area contributed by atoms with E-state index in [0.29, 0.717) is 26.1 Å². The second kappa shape index (κ2) is 15.1. The van der Waals surface area contributed by atoms with Gasteiger partial charge in [-0.25, -0.2) is 0 Å². The summed E-state index contributed by atoms with van der Waals surface area (Å²) in [6, 6.07) is 33.3. The maximum Gasteiger partial charge on any atom is 0.115 e. The molecule has 4 aromatic carbocycles. The van der Waals surface area contributed by atoms with Crippen molar-refractivity contribution >= 4 is 11.6 Å². The average molecular weight is 599 g/mol. The molecule has 5 atom stereocenters. The van der Waals surface area contributed by atoms with Gasteiger partial charge in [0.05, 0.1) is 25.4 Å². The Labute approximate surface area is 261 Å². The molecule has 0 unspecified atom stereocenters. The highest BCUT2D eigenvalue weighted by Crippen LogP contribution is 2.42. The van der Waals surface area contributed by atoms with Crippen LogP contribution in [0.1, 0.15) is 65.3 Å². The highest BCUT2D eigenvalue weighted by molar-refractivity contribution is 6.31. The molecule has 0 amide bonds. The summed E-state index contributed by atoms with van der Waals surface area (Å²) in [5.74, 6) is 0.148. The standard InChI is InChI=1S/C38H43ClO4/c1-4-35-27(3)36(41-24-30-11-7-5-8-12-30)38(42-25-31-13-9-6-10-14-31)37(43-35)33-23-32(34(39)21-26(33)2)22-29-17-15-28(16-18-29)19-20-40/h5-18,21,23,27,35-38,40H,4,19-20,22,24-25H2,1-3H3/t27-,35-,36+,37+,38-/m1/s1. The Morgan fingerprint density at radius 1 is 0.767 bits per heavy atom. The molecule has 1 aliphatic rings. The lowest BCUT2D eigenvalue weighted by molar-refractivity contribution is -0.235. The van der Waals surface area contributed by atoms with Crippen molar-refractivity contribution in [3.8, 4) is 0 Å². The minimum Gasteiger partial charge on any atom is -0.396 e. The number of hydrogen-bond donors (Lipinski definition) is 1. The third-order valence-corrected chi connectivity index (χ3v) is 8.93. The molecule has 1 fully saturated rings. The lowest BCUT2D eigenvalue weighted by Gasteiger charge is -2.46. The van der Waals surface area contributed by atoms with E-state index in [0.717, 1.165) is 44.8 Å². The molecular weight excluding hydrogens is 556 g/mol. The molecular formula is C38H43ClO4. The molecule has 4 aromatic rings. The molecule has 1 aliphatic heterocycles. The van der Waals surface area contributed by atoms with Crippen molar-refractivity contribution in [2.45, 2.75) is 77.7 Å². The summed E-state index contributed by atoms with van der Waals surface area (Å²) < 4.78 is 20.4. The van der Waals surface area contributed by atoms with Crippen molar-refractivity contribution in [3.63, 3.8) is 0 Å². The fraction of sp³-hybridized carbons (Fsp3) is 0.368. The first kappa shape index (κ1) is 31.4. The van der Waals surface area contributed by atoms with Gasteiger partial charge in [-0.2, -0.15) is 0 Å². The zero-order chi connectivity index (χ0) is 30.2. The molecule has 0 bridgehead atoms. The zero-order valence-electron chi connectivity index (χ0n) is 25.4. The molecule has 0 aromatic heterocycles. The van der Waals surface area contributed by atoms with Crippen molar-refractivity contribution in [1.29, 1.82) is 0 Å². The number of halogens is 1. The summed E-state index contributed by atoms with van der Waals surface area (Å²) in [4.78, 5) is 0. The Kier molecular flexibility index (Phi) is 11.1. The van der Waals surface area contributed by atoms with Gasteiger partial charge in [0.25, 0.3) is 0 Å². The largest absolute Gasteiger partial charge is 0.396 e. The van der Waals surface area contributed by atoms with Crippen LogP contribution in [0.15, 0.2) is 97.1 Å². The average Bonchev–Trinajstić information content (AvgIpc) is 3.03. The number of aliphatic hydroxyl groups is 1. The van der Waals surface area contributed by atoms with Crippen molar-refractivity contribution in [2.24, 2.45) is 5.92 Å². The second-order valence-corrected chi connectivity index (χ2v) is 12.1. The molecule has 5 rings (SSSR count). The van der Waals surface area contributed by atoms with Crippen molar-refractivity contribution in [2.75, 3.05) is 6.61 Å². The van der Waals surface area contributed by atoms with Gasteiger partial charge < -0.3 is 19.3 Å². The predicted octanol–water partition coefficient (Wildman–Crippen LogP) is 8.43. The molecule has 0 radical (unpaired) electrons. The van der Waals surface area contributed by atoms with Gasteiger partial charge in [0.2, 0.25) is 0 Å². The lowest BCUT2D eigenvalue weighted by Crippen LogP contribution is -2.51. The number of aryl methyl sites for hydroxylation is 1. The monoisotopic (exact) mass is 598 g/mol. The van der Waals surface area contributed by atoms with E-state index in [-0.39, 0.29) is 36.9 Å². The highest BCUT2D eigenvalue weighted by Gasteiger charge is 2.46. The van der Waals surface area contributed by atoms with E-state index < -0.39 is 0 Å². The second-order valence-electron chi connectivity index (χ2n) is 11.7. The van der Waals surface area contributed by atoms with Crippen molar-refractivity contribution in [1.82, 2.24) is 0 Å². The summed E-state index contributed by atoms with van der Waals surface area (Å²) in [5.41, 5.74) is 7.77. The smallest absolute Gasteiger partial charge is 0.115 e. The van der Waals surface area contributed by atoms with Crippen LogP contribution in [0, 0.1) is 12.8 Å². The van der Waals surface area contributed by atoms with E-state index in [9.17, 15) is 5.11 Å². The van der Waals surface area contributed by atoms with Gasteiger partial charge in [-0.1, -0.05) is 116 Å². The van der Waals surface area contributed by atoms with Crippen molar-refractivity contribution in [3.05, 3.63) is 141 Å². The van der Waals surface area contributed by atoms with Gasteiger partial charge in [0.15, 0.2) is 0 Å². The van der Waals surface area contributed by atoms with Gasteiger partial charge in [-0.3, -0.25) is 0 Å². The highest BCUT2D eigenvalue weighted by atomic mass is 35.5. The molecule has 5 heteroatoms. The Hall–Kier alpha value is -2.99. The van der Waals surface area contributed by atoms with E-state index in [1.807, 2.05) is 36.4 Å². The number of hydrogen-bond acceptors (Lipinski definition) is 4. The van der Waals surface area contributed by atoms with Crippen LogP contribution in [-0.4, -0.2) is 30.0 Å². The first-order valence-corrected chi connectivity index (χ1v) is 15.8. The van der Waals surface area contributed by atoms with Gasteiger partial charge in [0, 0.05) is 17.5 Å². The molecule has 0 saturated carbocycles. The van der Waals surface area contributed by atoms with E-state index in [2.05, 4.69) is 81.4 Å². The summed E-state index contributed by atoms with van der Waals surface area (Å²) in [7, 11) is 0. The van der Waals surface area contributed by atoms with E-state index in [4.69, 9.17) is 25.8 Å². The third-order valence-electron chi connectivity index (χ3n) is 8.58. The van der Waals surface area contributed by atoms with Crippen LogP contribution >= 0.6 is 11.6 Å². The van der Waals surface area contributed by atoms with Crippen LogP contribution in [0.3, 0.4) is 0 Å². The molecule has 226 valence electrons. The third kappa shape index (κ3) is 7.94. The summed E-state index contributed by atoms with van der Waals surface area (Å²) in [6.45, 7) is 7.64. The van der Waals surface area contributed by atoms with Crippen molar-refractivity contribution < 1.29 is 19.3 Å². The van der Waals surface area contributed by atoms with Gasteiger partial charge in [-0.05, 0) is 71.2 Å². The van der Waals surface area contributed by atoms with Crippen LogP contribution in [0.25, 0.3) is 0 Å². The summed E-state index contributed by atoms with van der Waals surface area (Å²) >= 11 is 6.84. The minimum atomic E-state index is -0.313. The fourth-order valence-electron chi connectivity index (χ4n) is 6.10. The molecule has 43 heavy (non-hydrogen) atoms. The van der Waals surface area contributed by atoms with E-state index in [1.165, 1.54) is 5.56 Å². The van der Waals surface area contributed by atoms with E-state index >= 15 is 0 Å². The van der Waals surface area contributed by atoms with Crippen LogP contribution < -0.4 is 0 Å². The van der Waals surface area contributed by atoms with Crippen LogP contribution in [0.5, 0.6) is 0 Å². The SMILES string of the molecule is CC[C@H]1O[C@@H](c2cc(Cc3ccc(CCO)cc3)c(Cl)cc2C)[C@H](OCc2ccccc2)[C@@H](OCc2ccccc2)[C@@H]1C. The molecule has 1 saturated heterocycles. The summed E-state index contributed by atoms with van der Waals surface area (Å²) in [6.07, 6.45) is 1.48. The van der Waals surface area contributed by atoms with Gasteiger partial charge in [0.1, 0.15) is 12.2 Å². The zero-order valence-corrected chi connectivity index (χ0v) is 26.2. The molecule has 0 spiro atoms. The van der Waals surface area contributed by atoms with Crippen LogP contribution in [0.4, 0.5) is 0 Å². The number of aliphatic hydroxyl groups excluding tert-OH is 1. The van der Waals surface area contributed by atoms with Gasteiger partial charge >= 0.3 is 0 Å². The van der Waals surface area contributed by atoms with Crippen LogP contribution in [0.2, 0.25) is 5.02 Å². The lowest BCUT2D eigenvalue weighted by atomic mass is 9.83. The summed E-state index contributed by atoms with van der Waals surface area (Å²) in [5, 5.41) is 10.0. The maximum atomic E-state index is 9.28.